The Morgan fingerprint density at radius 1 is 1.22 bits per heavy atom. The molecule has 0 spiro atoms. The summed E-state index contributed by atoms with van der Waals surface area (Å²) in [6.45, 7) is 2.33. The molecule has 6 nitrogen and oxygen atoms in total. The summed E-state index contributed by atoms with van der Waals surface area (Å²) in [5.41, 5.74) is 5.64. The highest BCUT2D eigenvalue weighted by atomic mass is 16.5. The van der Waals surface area contributed by atoms with Crippen LogP contribution in [0, 0.1) is 5.92 Å². The fourth-order valence-corrected chi connectivity index (χ4v) is 2.73. The van der Waals surface area contributed by atoms with Crippen molar-refractivity contribution >= 4 is 17.6 Å². The molecule has 1 aliphatic carbocycles. The SMILES string of the molecule is CC(NC(N)=O)C(=O)Nc1ccc(OCC2CCCCC2)cc1. The molecular formula is C17H25N3O3. The number of nitrogens with one attached hydrogen (secondary N) is 2. The lowest BCUT2D eigenvalue weighted by atomic mass is 9.90. The Bertz CT molecular complexity index is 524. The lowest BCUT2D eigenvalue weighted by Gasteiger charge is -2.21. The molecule has 0 saturated heterocycles. The van der Waals surface area contributed by atoms with Gasteiger partial charge in [0.2, 0.25) is 5.91 Å². The maximum Gasteiger partial charge on any atom is 0.312 e. The molecule has 1 unspecified atom stereocenters. The lowest BCUT2D eigenvalue weighted by Crippen LogP contribution is -2.44. The first-order valence-corrected chi connectivity index (χ1v) is 8.14. The second-order valence-corrected chi connectivity index (χ2v) is 6.06. The predicted octanol–water partition coefficient (Wildman–Crippen LogP) is 2.64. The van der Waals surface area contributed by atoms with E-state index in [9.17, 15) is 9.59 Å². The molecular weight excluding hydrogens is 294 g/mol. The highest BCUT2D eigenvalue weighted by molar-refractivity contribution is 5.96. The summed E-state index contributed by atoms with van der Waals surface area (Å²) in [6.07, 6.45) is 6.44. The van der Waals surface area contributed by atoms with Gasteiger partial charge in [-0.25, -0.2) is 4.79 Å². The van der Waals surface area contributed by atoms with Crippen LogP contribution in [-0.4, -0.2) is 24.6 Å². The summed E-state index contributed by atoms with van der Waals surface area (Å²) < 4.78 is 5.82. The van der Waals surface area contributed by atoms with Gasteiger partial charge in [-0.1, -0.05) is 19.3 Å². The molecule has 3 amide bonds. The zero-order valence-electron chi connectivity index (χ0n) is 13.5. The first kappa shape index (κ1) is 17.1. The van der Waals surface area contributed by atoms with Gasteiger partial charge in [0.25, 0.3) is 0 Å². The Balaban J connectivity index is 1.79. The number of hydrogen-bond donors (Lipinski definition) is 3. The second-order valence-electron chi connectivity index (χ2n) is 6.06. The molecule has 23 heavy (non-hydrogen) atoms. The number of ether oxygens (including phenoxy) is 1. The van der Waals surface area contributed by atoms with Gasteiger partial charge < -0.3 is 21.1 Å². The third kappa shape index (κ3) is 5.81. The van der Waals surface area contributed by atoms with Crippen LogP contribution < -0.4 is 21.1 Å². The van der Waals surface area contributed by atoms with E-state index in [4.69, 9.17) is 10.5 Å². The average Bonchev–Trinajstić information content (AvgIpc) is 2.54. The van der Waals surface area contributed by atoms with E-state index in [1.165, 1.54) is 32.1 Å². The van der Waals surface area contributed by atoms with E-state index in [0.29, 0.717) is 11.6 Å². The average molecular weight is 319 g/mol. The molecule has 1 fully saturated rings. The van der Waals surface area contributed by atoms with Crippen LogP contribution in [0.4, 0.5) is 10.5 Å². The number of amides is 3. The van der Waals surface area contributed by atoms with Crippen molar-refractivity contribution in [3.05, 3.63) is 24.3 Å². The van der Waals surface area contributed by atoms with Crippen LogP contribution >= 0.6 is 0 Å². The van der Waals surface area contributed by atoms with Crippen molar-refractivity contribution in [1.82, 2.24) is 5.32 Å². The monoisotopic (exact) mass is 319 g/mol. The zero-order chi connectivity index (χ0) is 16.7. The summed E-state index contributed by atoms with van der Waals surface area (Å²) in [7, 11) is 0. The van der Waals surface area contributed by atoms with Crippen LogP contribution in [0.15, 0.2) is 24.3 Å². The first-order chi connectivity index (χ1) is 11.0. The normalized spacial score (nSPS) is 16.4. The number of primary amides is 1. The minimum Gasteiger partial charge on any atom is -0.493 e. The summed E-state index contributed by atoms with van der Waals surface area (Å²) in [4.78, 5) is 22.6. The van der Waals surface area contributed by atoms with E-state index in [1.807, 2.05) is 12.1 Å². The molecule has 4 N–H and O–H groups in total. The highest BCUT2D eigenvalue weighted by Gasteiger charge is 2.15. The van der Waals surface area contributed by atoms with E-state index in [-0.39, 0.29) is 5.91 Å². The largest absolute Gasteiger partial charge is 0.493 e. The second kappa shape index (κ2) is 8.41. The molecule has 1 atom stereocenters. The summed E-state index contributed by atoms with van der Waals surface area (Å²) >= 11 is 0. The van der Waals surface area contributed by atoms with Crippen LogP contribution in [0.2, 0.25) is 0 Å². The molecule has 0 radical (unpaired) electrons. The smallest absolute Gasteiger partial charge is 0.312 e. The van der Waals surface area contributed by atoms with Crippen LogP contribution in [0.3, 0.4) is 0 Å². The molecule has 0 aliphatic heterocycles. The summed E-state index contributed by atoms with van der Waals surface area (Å²) in [5, 5.41) is 5.05. The number of hydrogen-bond acceptors (Lipinski definition) is 3. The maximum atomic E-state index is 11.9. The van der Waals surface area contributed by atoms with E-state index in [2.05, 4.69) is 10.6 Å². The Kier molecular flexibility index (Phi) is 6.26. The van der Waals surface area contributed by atoms with Gasteiger partial charge in [-0.3, -0.25) is 4.79 Å². The van der Waals surface area contributed by atoms with E-state index in [1.54, 1.807) is 19.1 Å². The lowest BCUT2D eigenvalue weighted by molar-refractivity contribution is -0.117. The number of carbonyl (C=O) groups is 2. The van der Waals surface area contributed by atoms with Gasteiger partial charge in [-0.15, -0.1) is 0 Å². The maximum absolute atomic E-state index is 11.9. The van der Waals surface area contributed by atoms with E-state index in [0.717, 1.165) is 12.4 Å². The van der Waals surface area contributed by atoms with Gasteiger partial charge in [-0.05, 0) is 49.9 Å². The fraction of sp³-hybridized carbons (Fsp3) is 0.529. The van der Waals surface area contributed by atoms with Crippen LogP contribution in [0.1, 0.15) is 39.0 Å². The van der Waals surface area contributed by atoms with Crippen molar-refractivity contribution in [2.24, 2.45) is 11.7 Å². The summed E-state index contributed by atoms with van der Waals surface area (Å²) in [6, 6.07) is 5.83. The first-order valence-electron chi connectivity index (χ1n) is 8.14. The van der Waals surface area contributed by atoms with Gasteiger partial charge in [0.1, 0.15) is 11.8 Å². The minimum atomic E-state index is -0.723. The van der Waals surface area contributed by atoms with Gasteiger partial charge in [0.05, 0.1) is 6.61 Å². The minimum absolute atomic E-state index is 0.320. The van der Waals surface area contributed by atoms with Crippen LogP contribution in [0.5, 0.6) is 5.75 Å². The molecule has 0 bridgehead atoms. The van der Waals surface area contributed by atoms with E-state index >= 15 is 0 Å². The molecule has 0 heterocycles. The third-order valence-electron chi connectivity index (χ3n) is 4.08. The third-order valence-corrected chi connectivity index (χ3v) is 4.08. The molecule has 1 saturated carbocycles. The predicted molar refractivity (Wildman–Crippen MR) is 89.3 cm³/mol. The molecule has 1 aromatic rings. The Labute approximate surface area is 136 Å². The number of nitrogens with two attached hydrogens (primary N) is 1. The fourth-order valence-electron chi connectivity index (χ4n) is 2.73. The van der Waals surface area contributed by atoms with Gasteiger partial charge in [-0.2, -0.15) is 0 Å². The van der Waals surface area contributed by atoms with Crippen molar-refractivity contribution in [3.63, 3.8) is 0 Å². The van der Waals surface area contributed by atoms with Crippen molar-refractivity contribution in [3.8, 4) is 5.75 Å². The number of carbonyl (C=O) groups excluding carboxylic acids is 2. The molecule has 0 aromatic heterocycles. The van der Waals surface area contributed by atoms with Crippen molar-refractivity contribution in [1.29, 1.82) is 0 Å². The summed E-state index contributed by atoms with van der Waals surface area (Å²) in [5.74, 6) is 1.14. The molecule has 1 aliphatic rings. The van der Waals surface area contributed by atoms with E-state index < -0.39 is 12.1 Å². The Morgan fingerprint density at radius 2 is 1.87 bits per heavy atom. The van der Waals surface area contributed by atoms with Crippen molar-refractivity contribution in [2.45, 2.75) is 45.1 Å². The topological polar surface area (TPSA) is 93.5 Å². The molecule has 2 rings (SSSR count). The number of anilines is 1. The Hall–Kier alpha value is -2.24. The van der Waals surface area contributed by atoms with Crippen molar-refractivity contribution < 1.29 is 14.3 Å². The van der Waals surface area contributed by atoms with Crippen LogP contribution in [0.25, 0.3) is 0 Å². The molecule has 126 valence electrons. The highest BCUT2D eigenvalue weighted by Crippen LogP contribution is 2.25. The molecule has 1 aromatic carbocycles. The standard InChI is InChI=1S/C17H25N3O3/c1-12(19-17(18)22)16(21)20-14-7-9-15(10-8-14)23-11-13-5-3-2-4-6-13/h7-10,12-13H,2-6,11H2,1H3,(H,20,21)(H3,18,19,22). The molecule has 6 heteroatoms. The van der Waals surface area contributed by atoms with Gasteiger partial charge in [0.15, 0.2) is 0 Å². The number of rotatable bonds is 6. The van der Waals surface area contributed by atoms with Crippen LogP contribution in [-0.2, 0) is 4.79 Å². The number of benzene rings is 1. The number of urea groups is 1. The quantitative estimate of drug-likeness (QED) is 0.752. The van der Waals surface area contributed by atoms with Gasteiger partial charge in [0, 0.05) is 5.69 Å². The van der Waals surface area contributed by atoms with Crippen molar-refractivity contribution in [2.75, 3.05) is 11.9 Å². The Morgan fingerprint density at radius 3 is 2.48 bits per heavy atom. The van der Waals surface area contributed by atoms with Gasteiger partial charge >= 0.3 is 6.03 Å². The zero-order valence-corrected chi connectivity index (χ0v) is 13.5.